The molecule has 102 valence electrons. The maximum absolute atomic E-state index is 9.59. The average molecular weight is 331 g/mol. The van der Waals surface area contributed by atoms with Gasteiger partial charge in [0.15, 0.2) is 0 Å². The van der Waals surface area contributed by atoms with E-state index < -0.39 is 6.10 Å². The van der Waals surface area contributed by atoms with Gasteiger partial charge in [0.1, 0.15) is 0 Å². The average Bonchev–Trinajstić information content (AvgIpc) is 2.46. The van der Waals surface area contributed by atoms with Gasteiger partial charge < -0.3 is 10.0 Å². The second-order valence-corrected chi connectivity index (χ2v) is 5.46. The lowest BCUT2D eigenvalue weighted by atomic mass is 10.1. The topological polar surface area (TPSA) is 47.3 Å². The molecule has 20 heavy (non-hydrogen) atoms. The molecule has 0 spiro atoms. The highest BCUT2D eigenvalue weighted by atomic mass is 79.9. The summed E-state index contributed by atoms with van der Waals surface area (Å²) in [5, 5.41) is 18.4. The van der Waals surface area contributed by atoms with Crippen LogP contribution in [0.25, 0.3) is 0 Å². The van der Waals surface area contributed by atoms with Gasteiger partial charge in [0.25, 0.3) is 0 Å². The van der Waals surface area contributed by atoms with Crippen molar-refractivity contribution < 1.29 is 5.11 Å². The number of aliphatic hydroxyl groups excluding tert-OH is 1. The van der Waals surface area contributed by atoms with E-state index in [0.29, 0.717) is 5.56 Å². The van der Waals surface area contributed by atoms with Crippen molar-refractivity contribution in [2.24, 2.45) is 0 Å². The monoisotopic (exact) mass is 330 g/mol. The third-order valence-corrected chi connectivity index (χ3v) is 3.83. The molecule has 2 aromatic carbocycles. The van der Waals surface area contributed by atoms with E-state index >= 15 is 0 Å². The predicted octanol–water partition coefficient (Wildman–Crippen LogP) is 4.14. The molecule has 3 nitrogen and oxygen atoms in total. The summed E-state index contributed by atoms with van der Waals surface area (Å²) >= 11 is 3.54. The Morgan fingerprint density at radius 2 is 1.85 bits per heavy atom. The molecular weight excluding hydrogens is 316 g/mol. The van der Waals surface area contributed by atoms with Gasteiger partial charge in [-0.2, -0.15) is 5.26 Å². The molecule has 0 aliphatic carbocycles. The van der Waals surface area contributed by atoms with Crippen LogP contribution in [-0.2, 0) is 0 Å². The molecule has 1 unspecified atom stereocenters. The van der Waals surface area contributed by atoms with Crippen LogP contribution in [0.3, 0.4) is 0 Å². The Morgan fingerprint density at radius 3 is 2.35 bits per heavy atom. The maximum Gasteiger partial charge on any atom is 0.0991 e. The first-order chi connectivity index (χ1) is 9.52. The summed E-state index contributed by atoms with van der Waals surface area (Å²) in [6, 6.07) is 15.3. The van der Waals surface area contributed by atoms with E-state index in [1.54, 1.807) is 19.1 Å². The number of nitrogens with zero attached hydrogens (tertiary/aromatic N) is 2. The molecule has 0 aromatic heterocycles. The Morgan fingerprint density at radius 1 is 1.20 bits per heavy atom. The summed E-state index contributed by atoms with van der Waals surface area (Å²) in [6.45, 7) is 1.74. The lowest BCUT2D eigenvalue weighted by Gasteiger charge is -2.22. The van der Waals surface area contributed by atoms with Crippen LogP contribution in [0.5, 0.6) is 0 Å². The predicted molar refractivity (Wildman–Crippen MR) is 84.0 cm³/mol. The fourth-order valence-corrected chi connectivity index (χ4v) is 2.62. The van der Waals surface area contributed by atoms with Gasteiger partial charge in [-0.1, -0.05) is 6.07 Å². The second-order valence-electron chi connectivity index (χ2n) is 4.60. The minimum Gasteiger partial charge on any atom is -0.389 e. The summed E-state index contributed by atoms with van der Waals surface area (Å²) in [4.78, 5) is 2.02. The normalized spacial score (nSPS) is 11.8. The highest BCUT2D eigenvalue weighted by Crippen LogP contribution is 2.32. The maximum atomic E-state index is 9.59. The Hall–Kier alpha value is -1.83. The van der Waals surface area contributed by atoms with Crippen molar-refractivity contribution in [1.82, 2.24) is 0 Å². The lowest BCUT2D eigenvalue weighted by Crippen LogP contribution is -2.10. The van der Waals surface area contributed by atoms with Crippen LogP contribution < -0.4 is 4.90 Å². The summed E-state index contributed by atoms with van der Waals surface area (Å²) in [6.07, 6.45) is -0.486. The van der Waals surface area contributed by atoms with Gasteiger partial charge in [0, 0.05) is 17.2 Å². The molecule has 0 saturated carbocycles. The number of aliphatic hydroxyl groups is 1. The molecular formula is C16H15BrN2O. The van der Waals surface area contributed by atoms with Crippen molar-refractivity contribution in [1.29, 1.82) is 5.26 Å². The Kier molecular flexibility index (Phi) is 4.43. The molecule has 0 heterocycles. The number of hydrogen-bond acceptors (Lipinski definition) is 3. The van der Waals surface area contributed by atoms with Crippen LogP contribution in [0.15, 0.2) is 46.9 Å². The molecule has 4 heteroatoms. The standard InChI is InChI=1S/C16H15BrN2O/c1-11(20)13-5-8-16(15(17)9-13)19(2)14-6-3-12(10-18)4-7-14/h3-9,11,20H,1-2H3. The number of benzene rings is 2. The molecule has 0 fully saturated rings. The number of hydrogen-bond donors (Lipinski definition) is 1. The van der Waals surface area contributed by atoms with Gasteiger partial charge in [-0.3, -0.25) is 0 Å². The van der Waals surface area contributed by atoms with Gasteiger partial charge in [-0.25, -0.2) is 0 Å². The Bertz CT molecular complexity index is 645. The van der Waals surface area contributed by atoms with Gasteiger partial charge >= 0.3 is 0 Å². The Labute approximate surface area is 127 Å². The van der Waals surface area contributed by atoms with Gasteiger partial charge in [-0.15, -0.1) is 0 Å². The van der Waals surface area contributed by atoms with Crippen molar-refractivity contribution in [3.63, 3.8) is 0 Å². The molecule has 2 rings (SSSR count). The van der Waals surface area contributed by atoms with Crippen molar-refractivity contribution in [2.75, 3.05) is 11.9 Å². The SMILES string of the molecule is CC(O)c1ccc(N(C)c2ccc(C#N)cc2)c(Br)c1. The van der Waals surface area contributed by atoms with Crippen LogP contribution in [0.1, 0.15) is 24.2 Å². The van der Waals surface area contributed by atoms with Crippen molar-refractivity contribution >= 4 is 27.3 Å². The van der Waals surface area contributed by atoms with E-state index in [0.717, 1.165) is 21.4 Å². The van der Waals surface area contributed by atoms with Crippen molar-refractivity contribution in [3.05, 3.63) is 58.1 Å². The summed E-state index contributed by atoms with van der Waals surface area (Å²) in [5.41, 5.74) is 3.51. The smallest absolute Gasteiger partial charge is 0.0991 e. The number of nitriles is 1. The molecule has 0 bridgehead atoms. The van der Waals surface area contributed by atoms with E-state index in [4.69, 9.17) is 5.26 Å². The molecule has 1 atom stereocenters. The highest BCUT2D eigenvalue weighted by Gasteiger charge is 2.10. The molecule has 2 aromatic rings. The first-order valence-corrected chi connectivity index (χ1v) is 7.03. The van der Waals surface area contributed by atoms with Crippen LogP contribution in [-0.4, -0.2) is 12.2 Å². The second kappa shape index (κ2) is 6.08. The lowest BCUT2D eigenvalue weighted by molar-refractivity contribution is 0.199. The molecule has 1 N–H and O–H groups in total. The van der Waals surface area contributed by atoms with Gasteiger partial charge in [-0.05, 0) is 64.8 Å². The van der Waals surface area contributed by atoms with E-state index in [1.807, 2.05) is 42.3 Å². The van der Waals surface area contributed by atoms with Crippen molar-refractivity contribution in [3.8, 4) is 6.07 Å². The zero-order valence-corrected chi connectivity index (χ0v) is 12.9. The number of anilines is 2. The molecule has 0 aliphatic rings. The van der Waals surface area contributed by atoms with Crippen molar-refractivity contribution in [2.45, 2.75) is 13.0 Å². The summed E-state index contributed by atoms with van der Waals surface area (Å²) in [5.74, 6) is 0. The summed E-state index contributed by atoms with van der Waals surface area (Å²) in [7, 11) is 1.96. The highest BCUT2D eigenvalue weighted by molar-refractivity contribution is 9.10. The van der Waals surface area contributed by atoms with Crippen LogP contribution in [0, 0.1) is 11.3 Å². The largest absolute Gasteiger partial charge is 0.389 e. The zero-order valence-electron chi connectivity index (χ0n) is 11.3. The molecule has 0 aliphatic heterocycles. The quantitative estimate of drug-likeness (QED) is 0.919. The van der Waals surface area contributed by atoms with E-state index in [2.05, 4.69) is 22.0 Å². The minimum absolute atomic E-state index is 0.486. The molecule has 0 saturated heterocycles. The van der Waals surface area contributed by atoms with Crippen LogP contribution in [0.2, 0.25) is 0 Å². The minimum atomic E-state index is -0.486. The summed E-state index contributed by atoms with van der Waals surface area (Å²) < 4.78 is 0.919. The first kappa shape index (κ1) is 14.6. The fourth-order valence-electron chi connectivity index (χ4n) is 1.95. The number of halogens is 1. The van der Waals surface area contributed by atoms with E-state index in [1.165, 1.54) is 0 Å². The zero-order chi connectivity index (χ0) is 14.7. The third kappa shape index (κ3) is 3.01. The first-order valence-electron chi connectivity index (χ1n) is 6.24. The van der Waals surface area contributed by atoms with Gasteiger partial charge in [0.05, 0.1) is 23.4 Å². The van der Waals surface area contributed by atoms with E-state index in [9.17, 15) is 5.11 Å². The molecule has 0 amide bonds. The third-order valence-electron chi connectivity index (χ3n) is 3.20. The fraction of sp³-hybridized carbons (Fsp3) is 0.188. The van der Waals surface area contributed by atoms with Crippen LogP contribution in [0.4, 0.5) is 11.4 Å². The van der Waals surface area contributed by atoms with Gasteiger partial charge in [0.2, 0.25) is 0 Å². The molecule has 0 radical (unpaired) electrons. The number of rotatable bonds is 3. The Balaban J connectivity index is 2.33. The van der Waals surface area contributed by atoms with E-state index in [-0.39, 0.29) is 0 Å². The van der Waals surface area contributed by atoms with Crippen LogP contribution >= 0.6 is 15.9 Å².